The van der Waals surface area contributed by atoms with Crippen LogP contribution < -0.4 is 24.8 Å². The van der Waals surface area contributed by atoms with Gasteiger partial charge in [0.1, 0.15) is 11.5 Å². The minimum Gasteiger partial charge on any atom is -0.497 e. The second-order valence-corrected chi connectivity index (χ2v) is 6.72. The number of hydrogen-bond donors (Lipinski definition) is 2. The van der Waals surface area contributed by atoms with E-state index in [-0.39, 0.29) is 0 Å². The van der Waals surface area contributed by atoms with Gasteiger partial charge >= 0.3 is 0 Å². The summed E-state index contributed by atoms with van der Waals surface area (Å²) in [7, 11) is 5.03. The van der Waals surface area contributed by atoms with Crippen molar-refractivity contribution in [2.75, 3.05) is 27.9 Å². The number of methoxy groups -OCH3 is 2. The Bertz CT molecular complexity index is 789. The summed E-state index contributed by atoms with van der Waals surface area (Å²) in [6.45, 7) is 1.98. The quantitative estimate of drug-likeness (QED) is 0.511. The molecule has 1 fully saturated rings. The summed E-state index contributed by atoms with van der Waals surface area (Å²) in [6.07, 6.45) is 4.38. The molecule has 0 unspecified atom stereocenters. The smallest absolute Gasteiger partial charge is 0.213 e. The highest BCUT2D eigenvalue weighted by Crippen LogP contribution is 2.29. The Morgan fingerprint density at radius 3 is 2.57 bits per heavy atom. The highest BCUT2D eigenvalue weighted by atomic mass is 16.5. The van der Waals surface area contributed by atoms with Crippen LogP contribution in [0.3, 0.4) is 0 Å². The van der Waals surface area contributed by atoms with Gasteiger partial charge in [-0.25, -0.2) is 4.98 Å². The average Bonchev–Trinajstić information content (AvgIpc) is 3.57. The van der Waals surface area contributed by atoms with Crippen LogP contribution in [0.4, 0.5) is 0 Å². The molecule has 7 heteroatoms. The Morgan fingerprint density at radius 1 is 1.11 bits per heavy atom. The van der Waals surface area contributed by atoms with Gasteiger partial charge in [0.25, 0.3) is 0 Å². The lowest BCUT2D eigenvalue weighted by atomic mass is 10.2. The molecule has 7 nitrogen and oxygen atoms in total. The van der Waals surface area contributed by atoms with Crippen LogP contribution in [-0.4, -0.2) is 38.8 Å². The van der Waals surface area contributed by atoms with E-state index in [0.717, 1.165) is 35.2 Å². The third kappa shape index (κ3) is 5.77. The molecule has 2 aromatic rings. The Balaban J connectivity index is 1.48. The third-order valence-corrected chi connectivity index (χ3v) is 4.59. The molecule has 0 radical (unpaired) electrons. The van der Waals surface area contributed by atoms with Crippen molar-refractivity contribution < 1.29 is 14.2 Å². The van der Waals surface area contributed by atoms with Crippen LogP contribution >= 0.6 is 0 Å². The third-order valence-electron chi connectivity index (χ3n) is 4.59. The summed E-state index contributed by atoms with van der Waals surface area (Å²) in [6, 6.07) is 9.68. The summed E-state index contributed by atoms with van der Waals surface area (Å²) in [5.74, 6) is 3.65. The van der Waals surface area contributed by atoms with Gasteiger partial charge in [-0.3, -0.25) is 4.99 Å². The monoisotopic (exact) mass is 384 g/mol. The lowest BCUT2D eigenvalue weighted by Gasteiger charge is -2.14. The van der Waals surface area contributed by atoms with E-state index in [4.69, 9.17) is 14.2 Å². The van der Waals surface area contributed by atoms with Crippen LogP contribution in [0.5, 0.6) is 17.4 Å². The molecule has 1 aromatic carbocycles. The number of rotatable bonds is 9. The van der Waals surface area contributed by atoms with Crippen molar-refractivity contribution in [2.24, 2.45) is 10.9 Å². The molecule has 150 valence electrons. The predicted molar refractivity (Wildman–Crippen MR) is 109 cm³/mol. The van der Waals surface area contributed by atoms with Crippen molar-refractivity contribution in [3.8, 4) is 17.4 Å². The molecule has 1 saturated carbocycles. The van der Waals surface area contributed by atoms with Crippen molar-refractivity contribution in [3.05, 3.63) is 47.7 Å². The van der Waals surface area contributed by atoms with Crippen molar-refractivity contribution >= 4 is 5.96 Å². The molecule has 1 aromatic heterocycles. The van der Waals surface area contributed by atoms with Gasteiger partial charge in [-0.2, -0.15) is 0 Å². The maximum atomic E-state index is 5.67. The zero-order valence-electron chi connectivity index (χ0n) is 16.7. The molecule has 0 spiro atoms. The second-order valence-electron chi connectivity index (χ2n) is 6.72. The molecule has 28 heavy (non-hydrogen) atoms. The minimum atomic E-state index is 0.582. The summed E-state index contributed by atoms with van der Waals surface area (Å²) < 4.78 is 16.3. The number of pyridine rings is 1. The van der Waals surface area contributed by atoms with Gasteiger partial charge in [-0.1, -0.05) is 6.07 Å². The van der Waals surface area contributed by atoms with Gasteiger partial charge in [0, 0.05) is 44.0 Å². The van der Waals surface area contributed by atoms with E-state index in [0.29, 0.717) is 24.9 Å². The molecule has 3 rings (SSSR count). The SMILES string of the molecule is CN=C(NCc1ccc(OCC2CC2)nc1)NCc1ccc(OC)cc1OC. The number of ether oxygens (including phenoxy) is 3. The molecule has 2 N–H and O–H groups in total. The van der Waals surface area contributed by atoms with E-state index < -0.39 is 0 Å². The zero-order chi connectivity index (χ0) is 19.8. The molecule has 0 aliphatic heterocycles. The van der Waals surface area contributed by atoms with Crippen LogP contribution in [0.15, 0.2) is 41.5 Å². The summed E-state index contributed by atoms with van der Waals surface area (Å²) in [4.78, 5) is 8.63. The van der Waals surface area contributed by atoms with E-state index >= 15 is 0 Å². The second kappa shape index (κ2) is 9.82. The maximum Gasteiger partial charge on any atom is 0.213 e. The van der Waals surface area contributed by atoms with Gasteiger partial charge in [-0.05, 0) is 36.5 Å². The summed E-state index contributed by atoms with van der Waals surface area (Å²) >= 11 is 0. The molecule has 0 atom stereocenters. The first-order chi connectivity index (χ1) is 13.7. The molecular weight excluding hydrogens is 356 g/mol. The Labute approximate surface area is 166 Å². The summed E-state index contributed by atoms with van der Waals surface area (Å²) in [5.41, 5.74) is 2.08. The summed E-state index contributed by atoms with van der Waals surface area (Å²) in [5, 5.41) is 6.58. The van der Waals surface area contributed by atoms with E-state index in [2.05, 4.69) is 20.6 Å². The number of nitrogens with zero attached hydrogens (tertiary/aromatic N) is 2. The van der Waals surface area contributed by atoms with Crippen LogP contribution in [0.25, 0.3) is 0 Å². The van der Waals surface area contributed by atoms with Crippen LogP contribution in [0.2, 0.25) is 0 Å². The number of aromatic nitrogens is 1. The fourth-order valence-corrected chi connectivity index (χ4v) is 2.67. The van der Waals surface area contributed by atoms with Crippen molar-refractivity contribution in [2.45, 2.75) is 25.9 Å². The number of hydrogen-bond acceptors (Lipinski definition) is 5. The first kappa shape index (κ1) is 19.8. The van der Waals surface area contributed by atoms with Crippen molar-refractivity contribution in [1.82, 2.24) is 15.6 Å². The molecule has 0 bridgehead atoms. The number of benzene rings is 1. The largest absolute Gasteiger partial charge is 0.497 e. The molecule has 0 saturated heterocycles. The van der Waals surface area contributed by atoms with E-state index in [1.807, 2.05) is 36.5 Å². The maximum absolute atomic E-state index is 5.67. The lowest BCUT2D eigenvalue weighted by molar-refractivity contribution is 0.288. The van der Waals surface area contributed by atoms with Gasteiger partial charge < -0.3 is 24.8 Å². The zero-order valence-corrected chi connectivity index (χ0v) is 16.7. The van der Waals surface area contributed by atoms with Crippen LogP contribution in [0.1, 0.15) is 24.0 Å². The number of guanidine groups is 1. The number of nitrogens with one attached hydrogen (secondary N) is 2. The van der Waals surface area contributed by atoms with E-state index in [1.165, 1.54) is 12.8 Å². The van der Waals surface area contributed by atoms with Gasteiger partial charge in [0.2, 0.25) is 5.88 Å². The fraction of sp³-hybridized carbons (Fsp3) is 0.429. The molecule has 0 amide bonds. The lowest BCUT2D eigenvalue weighted by Crippen LogP contribution is -2.36. The van der Waals surface area contributed by atoms with Crippen molar-refractivity contribution in [3.63, 3.8) is 0 Å². The normalized spacial score (nSPS) is 13.8. The highest BCUT2D eigenvalue weighted by Gasteiger charge is 2.22. The molecule has 1 aliphatic rings. The van der Waals surface area contributed by atoms with Gasteiger partial charge in [0.05, 0.1) is 20.8 Å². The average molecular weight is 384 g/mol. The standard InChI is InChI=1S/C21H28N4O3/c1-22-21(25-13-17-7-8-18(26-2)10-19(17)27-3)24-12-16-6-9-20(23-11-16)28-14-15-4-5-15/h6-11,15H,4-5,12-14H2,1-3H3,(H2,22,24,25). The number of aliphatic imine (C=N–C) groups is 1. The van der Waals surface area contributed by atoms with Gasteiger partial charge in [0.15, 0.2) is 5.96 Å². The van der Waals surface area contributed by atoms with E-state index in [1.54, 1.807) is 21.3 Å². The molecular formula is C21H28N4O3. The molecule has 1 aliphatic carbocycles. The van der Waals surface area contributed by atoms with E-state index in [9.17, 15) is 0 Å². The minimum absolute atomic E-state index is 0.582. The van der Waals surface area contributed by atoms with Gasteiger partial charge in [-0.15, -0.1) is 0 Å². The predicted octanol–water partition coefficient (Wildman–Crippen LogP) is 2.75. The molecule has 1 heterocycles. The fourth-order valence-electron chi connectivity index (χ4n) is 2.67. The first-order valence-electron chi connectivity index (χ1n) is 9.45. The topological polar surface area (TPSA) is 77.0 Å². The first-order valence-corrected chi connectivity index (χ1v) is 9.45. The highest BCUT2D eigenvalue weighted by molar-refractivity contribution is 5.79. The van der Waals surface area contributed by atoms with Crippen molar-refractivity contribution in [1.29, 1.82) is 0 Å². The Kier molecular flexibility index (Phi) is 6.94. The van der Waals surface area contributed by atoms with Crippen LogP contribution in [0, 0.1) is 5.92 Å². The Morgan fingerprint density at radius 2 is 1.93 bits per heavy atom. The Hall–Kier alpha value is -2.96. The van der Waals surface area contributed by atoms with Crippen LogP contribution in [-0.2, 0) is 13.1 Å².